The van der Waals surface area contributed by atoms with Crippen LogP contribution in [0.4, 0.5) is 4.79 Å². The fourth-order valence-corrected chi connectivity index (χ4v) is 3.28. The number of likely N-dealkylation sites (tertiary alicyclic amines) is 1. The molecular weight excluding hydrogens is 352 g/mol. The molecule has 146 valence electrons. The Kier molecular flexibility index (Phi) is 5.57. The second kappa shape index (κ2) is 7.74. The molecule has 0 saturated carbocycles. The third-order valence-electron chi connectivity index (χ3n) is 4.49. The minimum absolute atomic E-state index is 0.0318. The Morgan fingerprint density at radius 1 is 1.37 bits per heavy atom. The number of fused-ring (bicyclic) bond motifs is 1. The van der Waals surface area contributed by atoms with Crippen molar-refractivity contribution in [2.24, 2.45) is 5.11 Å². The van der Waals surface area contributed by atoms with Gasteiger partial charge in [0.15, 0.2) is 6.29 Å². The molecule has 1 aromatic rings. The Labute approximate surface area is 157 Å². The average Bonchev–Trinajstić information content (AvgIpc) is 2.63. The lowest BCUT2D eigenvalue weighted by atomic mass is 9.92. The summed E-state index contributed by atoms with van der Waals surface area (Å²) < 4.78 is 17.2. The second-order valence-electron chi connectivity index (χ2n) is 7.64. The first-order valence-electron chi connectivity index (χ1n) is 8.84. The van der Waals surface area contributed by atoms with Crippen LogP contribution in [-0.2, 0) is 14.2 Å². The monoisotopic (exact) mass is 376 g/mol. The van der Waals surface area contributed by atoms with Crippen LogP contribution in [0.2, 0.25) is 0 Å². The first kappa shape index (κ1) is 19.4. The first-order chi connectivity index (χ1) is 12.8. The van der Waals surface area contributed by atoms with E-state index in [1.807, 2.05) is 30.3 Å². The molecular formula is C18H24N4O5. The fraction of sp³-hybridized carbons (Fsp3) is 0.611. The molecule has 2 aliphatic heterocycles. The van der Waals surface area contributed by atoms with Gasteiger partial charge in [-0.2, -0.15) is 0 Å². The molecule has 2 saturated heterocycles. The fourth-order valence-electron chi connectivity index (χ4n) is 3.28. The Morgan fingerprint density at radius 2 is 2.07 bits per heavy atom. The van der Waals surface area contributed by atoms with E-state index >= 15 is 0 Å². The smallest absolute Gasteiger partial charge is 0.410 e. The standard InChI is InChI=1S/C18H24N4O5/c1-18(2,3)27-17(24)22-9-12(20-21-19)14(23)15-13(22)10-25-16(26-15)11-7-5-4-6-8-11/h4-8,12-16,23H,9-10H2,1-3H3/t12-,13-,14-,15+,16-/m0/s1. The maximum Gasteiger partial charge on any atom is 0.410 e. The molecule has 9 nitrogen and oxygen atoms in total. The van der Waals surface area contributed by atoms with Crippen LogP contribution in [0.1, 0.15) is 32.6 Å². The van der Waals surface area contributed by atoms with Crippen molar-refractivity contribution in [2.45, 2.75) is 57.0 Å². The van der Waals surface area contributed by atoms with Crippen LogP contribution in [0.3, 0.4) is 0 Å². The van der Waals surface area contributed by atoms with E-state index in [4.69, 9.17) is 19.7 Å². The summed E-state index contributed by atoms with van der Waals surface area (Å²) in [7, 11) is 0. The minimum Gasteiger partial charge on any atom is -0.444 e. The molecule has 1 amide bonds. The summed E-state index contributed by atoms with van der Waals surface area (Å²) in [5.74, 6) is 0. The summed E-state index contributed by atoms with van der Waals surface area (Å²) in [5, 5.41) is 14.3. The number of nitrogens with zero attached hydrogens (tertiary/aromatic N) is 4. The van der Waals surface area contributed by atoms with Crippen LogP contribution < -0.4 is 0 Å². The van der Waals surface area contributed by atoms with Crippen molar-refractivity contribution in [1.29, 1.82) is 0 Å². The van der Waals surface area contributed by atoms with Gasteiger partial charge < -0.3 is 19.3 Å². The number of hydrogen-bond acceptors (Lipinski definition) is 6. The third kappa shape index (κ3) is 4.33. The number of benzene rings is 1. The van der Waals surface area contributed by atoms with Crippen LogP contribution in [0.25, 0.3) is 10.4 Å². The van der Waals surface area contributed by atoms with Gasteiger partial charge in [-0.05, 0) is 26.3 Å². The zero-order valence-corrected chi connectivity index (χ0v) is 15.6. The Hall–Kier alpha value is -2.32. The number of ether oxygens (including phenoxy) is 3. The molecule has 0 bridgehead atoms. The van der Waals surface area contributed by atoms with E-state index in [1.54, 1.807) is 20.8 Å². The van der Waals surface area contributed by atoms with Gasteiger partial charge >= 0.3 is 6.09 Å². The van der Waals surface area contributed by atoms with E-state index in [0.717, 1.165) is 5.56 Å². The summed E-state index contributed by atoms with van der Waals surface area (Å²) in [6, 6.07) is 7.95. The lowest BCUT2D eigenvalue weighted by molar-refractivity contribution is -0.273. The normalized spacial score (nSPS) is 30.8. The van der Waals surface area contributed by atoms with Crippen molar-refractivity contribution in [3.63, 3.8) is 0 Å². The van der Waals surface area contributed by atoms with Gasteiger partial charge in [-0.3, -0.25) is 4.90 Å². The van der Waals surface area contributed by atoms with Crippen LogP contribution in [0.5, 0.6) is 0 Å². The highest BCUT2D eigenvalue weighted by atomic mass is 16.7. The number of rotatable bonds is 2. The number of carbonyl (C=O) groups excluding carboxylic acids is 1. The molecule has 1 aromatic carbocycles. The number of carbonyl (C=O) groups is 1. The van der Waals surface area contributed by atoms with Crippen molar-refractivity contribution < 1.29 is 24.1 Å². The maximum absolute atomic E-state index is 12.7. The molecule has 3 rings (SSSR count). The number of piperidine rings is 1. The highest BCUT2D eigenvalue weighted by molar-refractivity contribution is 5.69. The molecule has 0 aliphatic carbocycles. The van der Waals surface area contributed by atoms with E-state index in [0.29, 0.717) is 0 Å². The summed E-state index contributed by atoms with van der Waals surface area (Å²) in [6.07, 6.45) is -3.05. The predicted molar refractivity (Wildman–Crippen MR) is 95.7 cm³/mol. The Balaban J connectivity index is 1.84. The molecule has 2 aliphatic rings. The van der Waals surface area contributed by atoms with E-state index in [1.165, 1.54) is 4.90 Å². The molecule has 9 heteroatoms. The van der Waals surface area contributed by atoms with Crippen molar-refractivity contribution >= 4 is 6.09 Å². The molecule has 0 aromatic heterocycles. The van der Waals surface area contributed by atoms with Crippen molar-refractivity contribution in [1.82, 2.24) is 4.90 Å². The second-order valence-corrected chi connectivity index (χ2v) is 7.64. The SMILES string of the molecule is CC(C)(C)OC(=O)N1C[C@H](N=[N+]=[N-])[C@H](O)[C@@H]2O[C@@H](c3ccccc3)OC[C@@H]21. The summed E-state index contributed by atoms with van der Waals surface area (Å²) in [4.78, 5) is 16.9. The molecule has 2 fully saturated rings. The van der Waals surface area contributed by atoms with Crippen LogP contribution in [0.15, 0.2) is 35.4 Å². The quantitative estimate of drug-likeness (QED) is 0.484. The zero-order chi connectivity index (χ0) is 19.6. The molecule has 0 spiro atoms. The van der Waals surface area contributed by atoms with Crippen LogP contribution in [0, 0.1) is 0 Å². The van der Waals surface area contributed by atoms with Gasteiger partial charge in [0.25, 0.3) is 0 Å². The summed E-state index contributed by atoms with van der Waals surface area (Å²) in [5.41, 5.74) is 8.94. The van der Waals surface area contributed by atoms with Gasteiger partial charge in [0, 0.05) is 17.0 Å². The average molecular weight is 376 g/mol. The van der Waals surface area contributed by atoms with E-state index in [2.05, 4.69) is 10.0 Å². The Morgan fingerprint density at radius 3 is 2.70 bits per heavy atom. The first-order valence-corrected chi connectivity index (χ1v) is 8.84. The van der Waals surface area contributed by atoms with Gasteiger partial charge in [0.1, 0.15) is 11.7 Å². The lowest BCUT2D eigenvalue weighted by Crippen LogP contribution is -2.66. The molecule has 27 heavy (non-hydrogen) atoms. The number of aliphatic hydroxyl groups excluding tert-OH is 1. The van der Waals surface area contributed by atoms with Gasteiger partial charge in [-0.1, -0.05) is 35.4 Å². The third-order valence-corrected chi connectivity index (χ3v) is 4.49. The molecule has 0 unspecified atom stereocenters. The minimum atomic E-state index is -1.06. The van der Waals surface area contributed by atoms with Gasteiger partial charge in [-0.25, -0.2) is 4.79 Å². The summed E-state index contributed by atoms with van der Waals surface area (Å²) in [6.45, 7) is 5.51. The van der Waals surface area contributed by atoms with Crippen molar-refractivity contribution in [3.05, 3.63) is 46.3 Å². The Bertz CT molecular complexity index is 716. The number of amides is 1. The molecule has 5 atom stereocenters. The van der Waals surface area contributed by atoms with Crippen LogP contribution >= 0.6 is 0 Å². The van der Waals surface area contributed by atoms with E-state index in [9.17, 15) is 9.90 Å². The van der Waals surface area contributed by atoms with Gasteiger partial charge in [0.2, 0.25) is 0 Å². The number of azide groups is 1. The highest BCUT2D eigenvalue weighted by Crippen LogP contribution is 2.34. The number of aliphatic hydroxyl groups is 1. The zero-order valence-electron chi connectivity index (χ0n) is 15.6. The maximum atomic E-state index is 12.7. The largest absolute Gasteiger partial charge is 0.444 e. The van der Waals surface area contributed by atoms with Gasteiger partial charge in [-0.15, -0.1) is 0 Å². The summed E-state index contributed by atoms with van der Waals surface area (Å²) >= 11 is 0. The van der Waals surface area contributed by atoms with E-state index in [-0.39, 0.29) is 13.2 Å². The lowest BCUT2D eigenvalue weighted by Gasteiger charge is -2.49. The van der Waals surface area contributed by atoms with Crippen molar-refractivity contribution in [3.8, 4) is 0 Å². The van der Waals surface area contributed by atoms with Crippen LogP contribution in [-0.4, -0.2) is 59.1 Å². The predicted octanol–water partition coefficient (Wildman–Crippen LogP) is 2.76. The van der Waals surface area contributed by atoms with Crippen molar-refractivity contribution in [2.75, 3.05) is 13.2 Å². The number of hydrogen-bond donors (Lipinski definition) is 1. The molecule has 0 radical (unpaired) electrons. The highest BCUT2D eigenvalue weighted by Gasteiger charge is 2.49. The molecule has 1 N–H and O–H groups in total. The topological polar surface area (TPSA) is 117 Å². The van der Waals surface area contributed by atoms with Gasteiger partial charge in [0.05, 0.1) is 24.8 Å². The van der Waals surface area contributed by atoms with E-state index < -0.39 is 42.3 Å². The molecule has 2 heterocycles.